The normalized spacial score (nSPS) is 10.8. The Morgan fingerprint density at radius 3 is 2.16 bits per heavy atom. The number of rotatable bonds is 6. The van der Waals surface area contributed by atoms with Crippen LogP contribution in [0.25, 0.3) is 0 Å². The summed E-state index contributed by atoms with van der Waals surface area (Å²) >= 11 is 0. The Balaban J connectivity index is 3.41. The molecule has 0 aliphatic rings. The molecule has 25 heavy (non-hydrogen) atoms. The van der Waals surface area contributed by atoms with Crippen LogP contribution < -0.4 is 15.4 Å². The lowest BCUT2D eigenvalue weighted by Crippen LogP contribution is -2.21. The zero-order valence-electron chi connectivity index (χ0n) is 13.7. The Labute approximate surface area is 141 Å². The van der Waals surface area contributed by atoms with Gasteiger partial charge in [-0.15, -0.1) is 13.2 Å². The molecule has 0 unspecified atom stereocenters. The zero-order chi connectivity index (χ0) is 19.2. The van der Waals surface area contributed by atoms with Crippen molar-refractivity contribution < 1.29 is 37.0 Å². The van der Waals surface area contributed by atoms with Crippen LogP contribution in [-0.2, 0) is 25.5 Å². The van der Waals surface area contributed by atoms with Crippen LogP contribution in [0.4, 0.5) is 24.5 Å². The van der Waals surface area contributed by atoms with Crippen LogP contribution in [0.3, 0.4) is 0 Å². The first-order valence-corrected chi connectivity index (χ1v) is 7.07. The number of anilines is 2. The number of methoxy groups -OCH3 is 1. The first-order chi connectivity index (χ1) is 11.5. The third-order valence-corrected chi connectivity index (χ3v) is 2.90. The van der Waals surface area contributed by atoms with Gasteiger partial charge in [-0.2, -0.15) is 0 Å². The average Bonchev–Trinajstić information content (AvgIpc) is 2.47. The van der Waals surface area contributed by atoms with Gasteiger partial charge in [0.2, 0.25) is 11.8 Å². The van der Waals surface area contributed by atoms with Crippen molar-refractivity contribution in [3.63, 3.8) is 0 Å². The van der Waals surface area contributed by atoms with Crippen LogP contribution in [0.15, 0.2) is 12.1 Å². The number of alkyl halides is 3. The maximum Gasteiger partial charge on any atom is 0.573 e. The minimum Gasteiger partial charge on any atom is -0.469 e. The third-order valence-electron chi connectivity index (χ3n) is 2.90. The minimum atomic E-state index is -5.05. The van der Waals surface area contributed by atoms with E-state index in [0.29, 0.717) is 0 Å². The maximum absolute atomic E-state index is 12.8. The number of benzene rings is 1. The van der Waals surface area contributed by atoms with Crippen molar-refractivity contribution in [3.05, 3.63) is 17.7 Å². The van der Waals surface area contributed by atoms with Gasteiger partial charge in [0, 0.05) is 20.3 Å². The molecular weight excluding hydrogens is 345 g/mol. The number of carbonyl (C=O) groups excluding carboxylic acids is 3. The summed E-state index contributed by atoms with van der Waals surface area (Å²) in [6.45, 7) is 2.22. The van der Waals surface area contributed by atoms with Gasteiger partial charge in [0.25, 0.3) is 0 Å². The van der Waals surface area contributed by atoms with E-state index < -0.39 is 29.9 Å². The van der Waals surface area contributed by atoms with E-state index in [4.69, 9.17) is 0 Å². The van der Waals surface area contributed by atoms with Gasteiger partial charge in [-0.3, -0.25) is 14.4 Å². The second-order valence-electron chi connectivity index (χ2n) is 4.96. The van der Waals surface area contributed by atoms with Crippen LogP contribution in [0.5, 0.6) is 5.75 Å². The van der Waals surface area contributed by atoms with Gasteiger partial charge in [0.15, 0.2) is 5.75 Å². The van der Waals surface area contributed by atoms with Crippen LogP contribution in [-0.4, -0.2) is 31.3 Å². The van der Waals surface area contributed by atoms with Crippen LogP contribution in [0.2, 0.25) is 0 Å². The Bertz CT molecular complexity index is 674. The van der Waals surface area contributed by atoms with Crippen molar-refractivity contribution in [1.29, 1.82) is 0 Å². The quantitative estimate of drug-likeness (QED) is 0.759. The van der Waals surface area contributed by atoms with Crippen molar-refractivity contribution >= 4 is 29.2 Å². The predicted octanol–water partition coefficient (Wildman–Crippen LogP) is 2.61. The number of hydrogen-bond donors (Lipinski definition) is 2. The minimum absolute atomic E-state index is 0.00312. The van der Waals surface area contributed by atoms with Crippen LogP contribution >= 0.6 is 0 Å². The number of aryl methyl sites for hydroxylation is 1. The molecular formula is C15H17F3N2O5. The van der Waals surface area contributed by atoms with Crippen LogP contribution in [0.1, 0.15) is 25.8 Å². The SMILES string of the molecule is COC(=O)CCc1ccc(NC(C)=O)c(OC(F)(F)F)c1NC(C)=O. The topological polar surface area (TPSA) is 93.7 Å². The third kappa shape index (κ3) is 6.69. The van der Waals surface area contributed by atoms with Crippen molar-refractivity contribution in [2.75, 3.05) is 17.7 Å². The van der Waals surface area contributed by atoms with E-state index in [9.17, 15) is 27.6 Å². The Morgan fingerprint density at radius 1 is 1.08 bits per heavy atom. The first kappa shape index (κ1) is 20.3. The molecule has 1 rings (SSSR count). The molecule has 0 aliphatic heterocycles. The van der Waals surface area contributed by atoms with E-state index in [1.54, 1.807) is 0 Å². The smallest absolute Gasteiger partial charge is 0.469 e. The number of ether oxygens (including phenoxy) is 2. The summed E-state index contributed by atoms with van der Waals surface area (Å²) < 4.78 is 46.7. The van der Waals surface area contributed by atoms with Crippen molar-refractivity contribution in [3.8, 4) is 5.75 Å². The summed E-state index contributed by atoms with van der Waals surface area (Å²) in [5, 5.41) is 4.46. The summed E-state index contributed by atoms with van der Waals surface area (Å²) in [4.78, 5) is 33.9. The fraction of sp³-hybridized carbons (Fsp3) is 0.400. The van der Waals surface area contributed by atoms with E-state index >= 15 is 0 Å². The zero-order valence-corrected chi connectivity index (χ0v) is 13.7. The van der Waals surface area contributed by atoms with E-state index in [2.05, 4.69) is 20.1 Å². The van der Waals surface area contributed by atoms with Crippen molar-refractivity contribution in [1.82, 2.24) is 0 Å². The number of esters is 1. The maximum atomic E-state index is 12.8. The lowest BCUT2D eigenvalue weighted by Gasteiger charge is -2.20. The molecule has 7 nitrogen and oxygen atoms in total. The monoisotopic (exact) mass is 362 g/mol. The lowest BCUT2D eigenvalue weighted by atomic mass is 10.0. The van der Waals surface area contributed by atoms with Crippen molar-refractivity contribution in [2.45, 2.75) is 33.1 Å². The molecule has 0 fully saturated rings. The number of hydrogen-bond acceptors (Lipinski definition) is 5. The van der Waals surface area contributed by atoms with Gasteiger partial charge in [0.1, 0.15) is 0 Å². The molecule has 1 aromatic carbocycles. The van der Waals surface area contributed by atoms with Gasteiger partial charge in [-0.05, 0) is 18.1 Å². The molecule has 10 heteroatoms. The summed E-state index contributed by atoms with van der Waals surface area (Å²) in [5.41, 5.74) is -0.329. The largest absolute Gasteiger partial charge is 0.573 e. The molecule has 0 radical (unpaired) electrons. The lowest BCUT2D eigenvalue weighted by molar-refractivity contribution is -0.274. The van der Waals surface area contributed by atoms with Gasteiger partial charge < -0.3 is 20.1 Å². The van der Waals surface area contributed by atoms with Gasteiger partial charge >= 0.3 is 12.3 Å². The predicted molar refractivity (Wildman–Crippen MR) is 82.1 cm³/mol. The molecule has 0 bridgehead atoms. The van der Waals surface area contributed by atoms with Crippen LogP contribution in [0, 0.1) is 0 Å². The van der Waals surface area contributed by atoms with Gasteiger partial charge in [0.05, 0.1) is 18.5 Å². The number of carbonyl (C=O) groups is 3. The van der Waals surface area contributed by atoms with E-state index in [1.165, 1.54) is 19.2 Å². The summed E-state index contributed by atoms with van der Waals surface area (Å²) in [6, 6.07) is 2.57. The number of halogens is 3. The molecule has 1 aromatic rings. The van der Waals surface area contributed by atoms with Gasteiger partial charge in [-0.1, -0.05) is 6.07 Å². The highest BCUT2D eigenvalue weighted by Crippen LogP contribution is 2.40. The van der Waals surface area contributed by atoms with E-state index in [-0.39, 0.29) is 29.8 Å². The molecule has 0 aliphatic carbocycles. The Kier molecular flexibility index (Phi) is 6.77. The molecule has 138 valence electrons. The Morgan fingerprint density at radius 2 is 1.68 bits per heavy atom. The average molecular weight is 362 g/mol. The summed E-state index contributed by atoms with van der Waals surface area (Å²) in [7, 11) is 1.18. The summed E-state index contributed by atoms with van der Waals surface area (Å²) in [6.07, 6.45) is -5.17. The van der Waals surface area contributed by atoms with Crippen molar-refractivity contribution in [2.24, 2.45) is 0 Å². The fourth-order valence-corrected chi connectivity index (χ4v) is 1.99. The molecule has 0 atom stereocenters. The standard InChI is InChI=1S/C15H17F3N2O5/c1-8(21)19-11-6-4-10(5-7-12(23)24-3)13(20-9(2)22)14(11)25-15(16,17)18/h4,6H,5,7H2,1-3H3,(H,19,21)(H,20,22). The first-order valence-electron chi connectivity index (χ1n) is 7.07. The molecule has 2 N–H and O–H groups in total. The molecule has 2 amide bonds. The molecule has 0 aromatic heterocycles. The second-order valence-corrected chi connectivity index (χ2v) is 4.96. The number of nitrogens with one attached hydrogen (secondary N) is 2. The van der Waals surface area contributed by atoms with E-state index in [1.807, 2.05) is 0 Å². The second kappa shape index (κ2) is 8.36. The molecule has 0 saturated carbocycles. The fourth-order valence-electron chi connectivity index (χ4n) is 1.99. The van der Waals surface area contributed by atoms with Gasteiger partial charge in [-0.25, -0.2) is 0 Å². The highest BCUT2D eigenvalue weighted by atomic mass is 19.4. The Hall–Kier alpha value is -2.78. The molecule has 0 saturated heterocycles. The van der Waals surface area contributed by atoms with E-state index in [0.717, 1.165) is 13.8 Å². The summed E-state index contributed by atoms with van der Waals surface area (Å²) in [5.74, 6) is -2.60. The molecule has 0 heterocycles. The highest BCUT2D eigenvalue weighted by molar-refractivity contribution is 5.97. The highest BCUT2D eigenvalue weighted by Gasteiger charge is 2.34. The molecule has 0 spiro atoms. The number of amides is 2.